The third-order valence-electron chi connectivity index (χ3n) is 4.06. The number of ether oxygens (including phenoxy) is 2. The van der Waals surface area contributed by atoms with E-state index in [1.54, 1.807) is 17.1 Å². The van der Waals surface area contributed by atoms with Gasteiger partial charge < -0.3 is 14.4 Å². The lowest BCUT2D eigenvalue weighted by atomic mass is 10.1. The highest BCUT2D eigenvalue weighted by Crippen LogP contribution is 2.16. The van der Waals surface area contributed by atoms with Gasteiger partial charge in [-0.15, -0.1) is 0 Å². The molecule has 1 amide bonds. The average molecular weight is 376 g/mol. The van der Waals surface area contributed by atoms with E-state index in [2.05, 4.69) is 11.7 Å². The molecular weight excluding hydrogens is 342 g/mol. The van der Waals surface area contributed by atoms with Crippen LogP contribution in [0.25, 0.3) is 6.08 Å². The summed E-state index contributed by atoms with van der Waals surface area (Å²) >= 11 is 0. The number of esters is 1. The monoisotopic (exact) mass is 375 g/mol. The van der Waals surface area contributed by atoms with Crippen molar-refractivity contribution in [3.63, 3.8) is 0 Å². The van der Waals surface area contributed by atoms with Gasteiger partial charge in [0.1, 0.15) is 5.75 Å². The van der Waals surface area contributed by atoms with Crippen molar-refractivity contribution in [3.8, 4) is 5.75 Å². The van der Waals surface area contributed by atoms with Gasteiger partial charge in [-0.3, -0.25) is 9.59 Å². The summed E-state index contributed by atoms with van der Waals surface area (Å²) in [5.41, 5.74) is 0.903. The van der Waals surface area contributed by atoms with Gasteiger partial charge in [-0.05, 0) is 44.0 Å². The topological polar surface area (TPSA) is 55.8 Å². The van der Waals surface area contributed by atoms with Gasteiger partial charge in [-0.2, -0.15) is 0 Å². The quantitative estimate of drug-likeness (QED) is 0.307. The van der Waals surface area contributed by atoms with E-state index in [-0.39, 0.29) is 24.4 Å². The van der Waals surface area contributed by atoms with Crippen LogP contribution < -0.4 is 4.74 Å². The molecule has 1 aromatic carbocycles. The minimum absolute atomic E-state index is 0.0921. The lowest BCUT2D eigenvalue weighted by Crippen LogP contribution is -2.32. The van der Waals surface area contributed by atoms with Gasteiger partial charge in [-0.1, -0.05) is 38.3 Å². The second-order valence-corrected chi connectivity index (χ2v) is 6.78. The van der Waals surface area contributed by atoms with Crippen LogP contribution in [0.1, 0.15) is 58.4 Å². The standard InChI is InChI=1S/C22H33NO4/c1-5-6-7-8-15-23(16-14-22(25)26-4)21(24)13-12-19-10-9-11-20(17-19)27-18(2)3/h9-13,17-18H,5-8,14-16H2,1-4H3/b13-12+. The van der Waals surface area contributed by atoms with E-state index < -0.39 is 0 Å². The molecule has 0 aliphatic carbocycles. The number of rotatable bonds is 12. The Balaban J connectivity index is 2.71. The van der Waals surface area contributed by atoms with Crippen LogP contribution in [-0.4, -0.2) is 43.1 Å². The highest BCUT2D eigenvalue weighted by Gasteiger charge is 2.12. The summed E-state index contributed by atoms with van der Waals surface area (Å²) in [5.74, 6) is 0.385. The van der Waals surface area contributed by atoms with Crippen molar-refractivity contribution >= 4 is 18.0 Å². The number of amides is 1. The summed E-state index contributed by atoms with van der Waals surface area (Å²) < 4.78 is 10.4. The summed E-state index contributed by atoms with van der Waals surface area (Å²) in [6.07, 6.45) is 7.97. The fourth-order valence-corrected chi connectivity index (χ4v) is 2.63. The molecule has 0 radical (unpaired) electrons. The van der Waals surface area contributed by atoms with Gasteiger partial charge in [-0.25, -0.2) is 0 Å². The van der Waals surface area contributed by atoms with Crippen LogP contribution in [0, 0.1) is 0 Å². The van der Waals surface area contributed by atoms with Gasteiger partial charge in [0, 0.05) is 19.2 Å². The van der Waals surface area contributed by atoms with Crippen LogP contribution in [0.2, 0.25) is 0 Å². The van der Waals surface area contributed by atoms with Crippen LogP contribution in [0.3, 0.4) is 0 Å². The summed E-state index contributed by atoms with van der Waals surface area (Å²) in [5, 5.41) is 0. The molecule has 5 nitrogen and oxygen atoms in total. The zero-order chi connectivity index (χ0) is 20.1. The Hall–Kier alpha value is -2.30. The van der Waals surface area contributed by atoms with Crippen LogP contribution in [0.4, 0.5) is 0 Å². The van der Waals surface area contributed by atoms with Crippen LogP contribution in [-0.2, 0) is 14.3 Å². The zero-order valence-corrected chi connectivity index (χ0v) is 17.1. The third-order valence-corrected chi connectivity index (χ3v) is 4.06. The second kappa shape index (κ2) is 13.0. The molecule has 0 N–H and O–H groups in total. The predicted octanol–water partition coefficient (Wildman–Crippen LogP) is 4.46. The van der Waals surface area contributed by atoms with E-state index in [0.29, 0.717) is 13.1 Å². The Bertz CT molecular complexity index is 610. The molecule has 1 aromatic rings. The van der Waals surface area contributed by atoms with Gasteiger partial charge in [0.2, 0.25) is 5.91 Å². The fourth-order valence-electron chi connectivity index (χ4n) is 2.63. The first-order valence-corrected chi connectivity index (χ1v) is 9.76. The molecule has 0 fully saturated rings. The molecule has 0 atom stereocenters. The highest BCUT2D eigenvalue weighted by atomic mass is 16.5. The molecule has 1 rings (SSSR count). The SMILES string of the molecule is CCCCCCN(CCC(=O)OC)C(=O)/C=C/c1cccc(OC(C)C)c1. The van der Waals surface area contributed by atoms with E-state index >= 15 is 0 Å². The van der Waals surface area contributed by atoms with E-state index in [1.165, 1.54) is 7.11 Å². The summed E-state index contributed by atoms with van der Waals surface area (Å²) in [4.78, 5) is 25.7. The molecule has 0 bridgehead atoms. The molecule has 150 valence electrons. The first-order chi connectivity index (χ1) is 13.0. The lowest BCUT2D eigenvalue weighted by Gasteiger charge is -2.20. The van der Waals surface area contributed by atoms with E-state index in [4.69, 9.17) is 4.74 Å². The number of benzene rings is 1. The molecule has 0 aliphatic heterocycles. The lowest BCUT2D eigenvalue weighted by molar-refractivity contribution is -0.141. The summed E-state index contributed by atoms with van der Waals surface area (Å²) in [6, 6.07) is 7.64. The second-order valence-electron chi connectivity index (χ2n) is 6.78. The number of unbranched alkanes of at least 4 members (excludes halogenated alkanes) is 3. The molecule has 0 spiro atoms. The first kappa shape index (κ1) is 22.7. The van der Waals surface area contributed by atoms with Crippen molar-refractivity contribution in [1.82, 2.24) is 4.90 Å². The molecule has 0 unspecified atom stereocenters. The van der Waals surface area contributed by atoms with Crippen molar-refractivity contribution in [3.05, 3.63) is 35.9 Å². The van der Waals surface area contributed by atoms with E-state index in [9.17, 15) is 9.59 Å². The normalized spacial score (nSPS) is 11.0. The summed E-state index contributed by atoms with van der Waals surface area (Å²) in [6.45, 7) is 7.13. The van der Waals surface area contributed by atoms with Crippen molar-refractivity contribution in [2.24, 2.45) is 0 Å². The van der Waals surface area contributed by atoms with Crippen LogP contribution >= 0.6 is 0 Å². The van der Waals surface area contributed by atoms with Gasteiger partial charge >= 0.3 is 5.97 Å². The van der Waals surface area contributed by atoms with Gasteiger partial charge in [0.25, 0.3) is 0 Å². The van der Waals surface area contributed by atoms with E-state index in [1.807, 2.05) is 38.1 Å². The Labute approximate surface area is 163 Å². The molecule has 0 saturated carbocycles. The number of methoxy groups -OCH3 is 1. The Morgan fingerprint density at radius 3 is 2.59 bits per heavy atom. The van der Waals surface area contributed by atoms with Gasteiger partial charge in [0.05, 0.1) is 19.6 Å². The first-order valence-electron chi connectivity index (χ1n) is 9.76. The largest absolute Gasteiger partial charge is 0.491 e. The fraction of sp³-hybridized carbons (Fsp3) is 0.545. The number of hydrogen-bond donors (Lipinski definition) is 0. The Kier molecular flexibility index (Phi) is 10.9. The maximum absolute atomic E-state index is 12.6. The maximum atomic E-state index is 12.6. The van der Waals surface area contributed by atoms with Crippen molar-refractivity contribution in [2.45, 2.75) is 59.0 Å². The highest BCUT2D eigenvalue weighted by molar-refractivity contribution is 5.92. The van der Waals surface area contributed by atoms with Crippen LogP contribution in [0.5, 0.6) is 5.75 Å². The molecule has 27 heavy (non-hydrogen) atoms. The number of carbonyl (C=O) groups is 2. The molecule has 0 saturated heterocycles. The third kappa shape index (κ3) is 9.83. The predicted molar refractivity (Wildman–Crippen MR) is 109 cm³/mol. The number of nitrogens with zero attached hydrogens (tertiary/aromatic N) is 1. The van der Waals surface area contributed by atoms with Gasteiger partial charge in [0.15, 0.2) is 0 Å². The smallest absolute Gasteiger partial charge is 0.307 e. The Morgan fingerprint density at radius 2 is 1.93 bits per heavy atom. The van der Waals surface area contributed by atoms with Crippen molar-refractivity contribution in [2.75, 3.05) is 20.2 Å². The summed E-state index contributed by atoms with van der Waals surface area (Å²) in [7, 11) is 1.36. The molecular formula is C22H33NO4. The van der Waals surface area contributed by atoms with E-state index in [0.717, 1.165) is 37.0 Å². The average Bonchev–Trinajstić information content (AvgIpc) is 2.65. The van der Waals surface area contributed by atoms with Crippen molar-refractivity contribution < 1.29 is 19.1 Å². The zero-order valence-electron chi connectivity index (χ0n) is 17.1. The van der Waals surface area contributed by atoms with Crippen molar-refractivity contribution in [1.29, 1.82) is 0 Å². The Morgan fingerprint density at radius 1 is 1.15 bits per heavy atom. The molecule has 0 heterocycles. The molecule has 0 aliphatic rings. The minimum Gasteiger partial charge on any atom is -0.491 e. The minimum atomic E-state index is -0.302. The molecule has 5 heteroatoms. The van der Waals surface area contributed by atoms with Crippen LogP contribution in [0.15, 0.2) is 30.3 Å². The number of hydrogen-bond acceptors (Lipinski definition) is 4. The molecule has 0 aromatic heterocycles. The maximum Gasteiger partial charge on any atom is 0.307 e. The number of carbonyl (C=O) groups excluding carboxylic acids is 2.